The number of aromatic nitrogens is 1. The molecule has 0 aliphatic carbocycles. The van der Waals surface area contributed by atoms with Crippen molar-refractivity contribution < 1.29 is 23.8 Å². The van der Waals surface area contributed by atoms with Crippen molar-refractivity contribution in [1.82, 2.24) is 14.8 Å². The normalized spacial score (nSPS) is 21.9. The first-order valence-corrected chi connectivity index (χ1v) is 11.8. The Morgan fingerprint density at radius 1 is 1.20 bits per heavy atom. The van der Waals surface area contributed by atoms with Crippen LogP contribution < -0.4 is 10.1 Å². The van der Waals surface area contributed by atoms with Crippen LogP contribution in [0, 0.1) is 5.92 Å². The predicted molar refractivity (Wildman–Crippen MR) is 133 cm³/mol. The van der Waals surface area contributed by atoms with E-state index in [0.717, 1.165) is 12.2 Å². The highest BCUT2D eigenvalue weighted by Gasteiger charge is 2.28. The van der Waals surface area contributed by atoms with Crippen LogP contribution in [-0.4, -0.2) is 86.3 Å². The van der Waals surface area contributed by atoms with Gasteiger partial charge in [0.25, 0.3) is 5.91 Å². The van der Waals surface area contributed by atoms with E-state index in [1.165, 1.54) is 7.11 Å². The summed E-state index contributed by atoms with van der Waals surface area (Å²) in [6.45, 7) is 6.39. The van der Waals surface area contributed by atoms with Gasteiger partial charge in [0.15, 0.2) is 0 Å². The van der Waals surface area contributed by atoms with Gasteiger partial charge >= 0.3 is 0 Å². The molecule has 1 N–H and O–H groups in total. The number of hydrogen-bond acceptors (Lipinski definition) is 7. The third-order valence-electron chi connectivity index (χ3n) is 6.23. The van der Waals surface area contributed by atoms with Gasteiger partial charge in [-0.15, -0.1) is 0 Å². The smallest absolute Gasteiger partial charge is 0.257 e. The summed E-state index contributed by atoms with van der Waals surface area (Å²) in [5.41, 5.74) is 1.95. The number of likely N-dealkylation sites (N-methyl/N-ethyl adjacent to an activating group) is 1. The molecule has 2 heterocycles. The van der Waals surface area contributed by atoms with E-state index < -0.39 is 0 Å². The first kappa shape index (κ1) is 26.6. The molecular formula is C26H36N4O5. The molecule has 1 aliphatic rings. The SMILES string of the molecule is COCC(=O)Nc1ccc2c(c1)OC[C@H](C)N(Cc1ccccn1)C[C@H](C)[C@@H](OC)CN(C)C2=O. The molecule has 0 bridgehead atoms. The minimum atomic E-state index is -0.282. The number of fused-ring (bicyclic) bond motifs is 1. The summed E-state index contributed by atoms with van der Waals surface area (Å²) in [5, 5.41) is 2.77. The number of rotatable bonds is 6. The van der Waals surface area contributed by atoms with Crippen LogP contribution >= 0.6 is 0 Å². The van der Waals surface area contributed by atoms with Crippen molar-refractivity contribution in [3.63, 3.8) is 0 Å². The summed E-state index contributed by atoms with van der Waals surface area (Å²) >= 11 is 0. The number of carbonyl (C=O) groups excluding carboxylic acids is 2. The Balaban J connectivity index is 1.92. The number of methoxy groups -OCH3 is 2. The Hall–Kier alpha value is -3.01. The Morgan fingerprint density at radius 3 is 2.69 bits per heavy atom. The highest BCUT2D eigenvalue weighted by molar-refractivity contribution is 5.98. The van der Waals surface area contributed by atoms with Crippen molar-refractivity contribution in [2.24, 2.45) is 5.92 Å². The molecule has 3 rings (SSSR count). The molecule has 3 atom stereocenters. The van der Waals surface area contributed by atoms with Crippen molar-refractivity contribution in [2.75, 3.05) is 52.9 Å². The van der Waals surface area contributed by atoms with Crippen LogP contribution in [0.4, 0.5) is 5.69 Å². The maximum Gasteiger partial charge on any atom is 0.257 e. The molecule has 0 spiro atoms. The van der Waals surface area contributed by atoms with Gasteiger partial charge in [-0.3, -0.25) is 19.5 Å². The summed E-state index contributed by atoms with van der Waals surface area (Å²) in [5.74, 6) is 0.140. The number of carbonyl (C=O) groups is 2. The summed E-state index contributed by atoms with van der Waals surface area (Å²) < 4.78 is 16.9. The molecule has 0 saturated heterocycles. The number of anilines is 1. The number of amides is 2. The molecule has 0 unspecified atom stereocenters. The van der Waals surface area contributed by atoms with E-state index in [1.807, 2.05) is 18.2 Å². The maximum atomic E-state index is 13.3. The Bertz CT molecular complexity index is 987. The highest BCUT2D eigenvalue weighted by atomic mass is 16.5. The Labute approximate surface area is 207 Å². The van der Waals surface area contributed by atoms with Gasteiger partial charge in [-0.1, -0.05) is 13.0 Å². The zero-order chi connectivity index (χ0) is 25.4. The predicted octanol–water partition coefficient (Wildman–Crippen LogP) is 2.67. The van der Waals surface area contributed by atoms with E-state index in [1.54, 1.807) is 43.5 Å². The molecule has 1 aromatic carbocycles. The minimum Gasteiger partial charge on any atom is -0.491 e. The molecule has 190 valence electrons. The van der Waals surface area contributed by atoms with Gasteiger partial charge in [0.05, 0.1) is 17.4 Å². The number of benzene rings is 1. The third-order valence-corrected chi connectivity index (χ3v) is 6.23. The Kier molecular flexibility index (Phi) is 9.59. The van der Waals surface area contributed by atoms with Crippen LogP contribution in [0.5, 0.6) is 5.75 Å². The van der Waals surface area contributed by atoms with Gasteiger partial charge in [-0.25, -0.2) is 0 Å². The molecule has 9 nitrogen and oxygen atoms in total. The van der Waals surface area contributed by atoms with Crippen LogP contribution in [0.25, 0.3) is 0 Å². The molecule has 0 radical (unpaired) electrons. The lowest BCUT2D eigenvalue weighted by Gasteiger charge is -2.35. The molecule has 1 aromatic heterocycles. The minimum absolute atomic E-state index is 0.0313. The van der Waals surface area contributed by atoms with Gasteiger partial charge in [0.2, 0.25) is 5.91 Å². The fourth-order valence-corrected chi connectivity index (χ4v) is 4.17. The molecular weight excluding hydrogens is 448 g/mol. The average molecular weight is 485 g/mol. The Morgan fingerprint density at radius 2 is 2.00 bits per heavy atom. The van der Waals surface area contributed by atoms with Crippen LogP contribution in [0.3, 0.4) is 0 Å². The first-order valence-electron chi connectivity index (χ1n) is 11.8. The van der Waals surface area contributed by atoms with E-state index in [2.05, 4.69) is 29.0 Å². The maximum absolute atomic E-state index is 13.3. The highest BCUT2D eigenvalue weighted by Crippen LogP contribution is 2.27. The first-order chi connectivity index (χ1) is 16.8. The lowest BCUT2D eigenvalue weighted by molar-refractivity contribution is -0.119. The van der Waals surface area contributed by atoms with E-state index in [9.17, 15) is 9.59 Å². The van der Waals surface area contributed by atoms with Crippen molar-refractivity contribution in [1.29, 1.82) is 0 Å². The van der Waals surface area contributed by atoms with Crippen molar-refractivity contribution >= 4 is 17.5 Å². The van der Waals surface area contributed by atoms with Gasteiger partial charge in [0, 0.05) is 64.9 Å². The summed E-state index contributed by atoms with van der Waals surface area (Å²) in [6.07, 6.45) is 1.66. The second-order valence-corrected chi connectivity index (χ2v) is 9.04. The van der Waals surface area contributed by atoms with Crippen LogP contribution in [0.2, 0.25) is 0 Å². The lowest BCUT2D eigenvalue weighted by Crippen LogP contribution is -2.46. The number of nitrogens with zero attached hydrogens (tertiary/aromatic N) is 3. The summed E-state index contributed by atoms with van der Waals surface area (Å²) in [6, 6.07) is 11.0. The van der Waals surface area contributed by atoms with Crippen molar-refractivity contribution in [3.05, 3.63) is 53.9 Å². The molecule has 35 heavy (non-hydrogen) atoms. The molecule has 9 heteroatoms. The number of ether oxygens (including phenoxy) is 3. The van der Waals surface area contributed by atoms with Crippen LogP contribution in [0.1, 0.15) is 29.9 Å². The number of pyridine rings is 1. The van der Waals surface area contributed by atoms with E-state index in [-0.39, 0.29) is 36.5 Å². The number of nitrogens with one attached hydrogen (secondary N) is 1. The van der Waals surface area contributed by atoms with Crippen molar-refractivity contribution in [2.45, 2.75) is 32.5 Å². The van der Waals surface area contributed by atoms with Crippen LogP contribution in [-0.2, 0) is 20.8 Å². The molecule has 0 saturated carbocycles. The summed E-state index contributed by atoms with van der Waals surface area (Å²) in [4.78, 5) is 33.8. The standard InChI is InChI=1S/C26H36N4O5/c1-18-13-30(14-21-8-6-7-11-27-21)19(2)16-35-23-12-20(28-25(31)17-33-4)9-10-22(23)26(32)29(3)15-24(18)34-5/h6-12,18-19,24H,13-17H2,1-5H3,(H,28,31)/t18-,19-,24-/m0/s1. The second-order valence-electron chi connectivity index (χ2n) is 9.04. The fraction of sp³-hybridized carbons (Fsp3) is 0.500. The molecule has 1 aliphatic heterocycles. The molecule has 2 amide bonds. The van der Waals surface area contributed by atoms with E-state index in [0.29, 0.717) is 36.7 Å². The average Bonchev–Trinajstić information content (AvgIpc) is 2.85. The quantitative estimate of drug-likeness (QED) is 0.674. The molecule has 2 aromatic rings. The number of hydrogen-bond donors (Lipinski definition) is 1. The second kappa shape index (κ2) is 12.6. The van der Waals surface area contributed by atoms with Gasteiger partial charge in [-0.05, 0) is 37.1 Å². The lowest BCUT2D eigenvalue weighted by atomic mass is 10.0. The zero-order valence-electron chi connectivity index (χ0n) is 21.2. The van der Waals surface area contributed by atoms with Crippen molar-refractivity contribution in [3.8, 4) is 5.75 Å². The van der Waals surface area contributed by atoms with Gasteiger partial charge < -0.3 is 24.4 Å². The zero-order valence-corrected chi connectivity index (χ0v) is 21.2. The van der Waals surface area contributed by atoms with E-state index >= 15 is 0 Å². The largest absolute Gasteiger partial charge is 0.491 e. The topological polar surface area (TPSA) is 93.2 Å². The van der Waals surface area contributed by atoms with Gasteiger partial charge in [-0.2, -0.15) is 0 Å². The summed E-state index contributed by atoms with van der Waals surface area (Å²) in [7, 11) is 4.91. The third kappa shape index (κ3) is 7.24. The van der Waals surface area contributed by atoms with E-state index in [4.69, 9.17) is 14.2 Å². The van der Waals surface area contributed by atoms with Crippen LogP contribution in [0.15, 0.2) is 42.6 Å². The monoisotopic (exact) mass is 484 g/mol. The fourth-order valence-electron chi connectivity index (χ4n) is 4.17. The van der Waals surface area contributed by atoms with Gasteiger partial charge in [0.1, 0.15) is 19.0 Å². The molecule has 0 fully saturated rings.